The molecule has 0 radical (unpaired) electrons. The maximum atomic E-state index is 14.3. The Morgan fingerprint density at radius 2 is 1.65 bits per heavy atom. The van der Waals surface area contributed by atoms with Crippen molar-refractivity contribution in [3.63, 3.8) is 0 Å². The summed E-state index contributed by atoms with van der Waals surface area (Å²) in [7, 11) is 3.20. The second kappa shape index (κ2) is 13.1. The number of esters is 1. The van der Waals surface area contributed by atoms with Crippen LogP contribution in [-0.4, -0.2) is 44.5 Å². The molecule has 0 saturated heterocycles. The van der Waals surface area contributed by atoms with Crippen molar-refractivity contribution in [2.45, 2.75) is 26.8 Å². The Morgan fingerprint density at radius 3 is 2.33 bits per heavy atom. The van der Waals surface area contributed by atoms with Crippen molar-refractivity contribution in [3.8, 4) is 11.5 Å². The monoisotopic (exact) mass is 597 g/mol. The third-order valence-corrected chi connectivity index (χ3v) is 8.42. The van der Waals surface area contributed by atoms with E-state index in [1.165, 1.54) is 11.3 Å². The number of carbonyl (C=O) groups is 1. The molecule has 0 spiro atoms. The number of ether oxygens (including phenoxy) is 3. The number of nitrogens with zero attached hydrogens (tertiary/aromatic N) is 3. The number of para-hydroxylation sites is 1. The van der Waals surface area contributed by atoms with Crippen LogP contribution in [0, 0.1) is 0 Å². The number of anilines is 1. The minimum absolute atomic E-state index is 0.177. The first kappa shape index (κ1) is 29.8. The number of methoxy groups -OCH3 is 2. The lowest BCUT2D eigenvalue weighted by atomic mass is 9.92. The molecule has 0 fully saturated rings. The molecule has 0 aliphatic carbocycles. The molecule has 0 saturated carbocycles. The molecule has 0 bridgehead atoms. The minimum atomic E-state index is -0.823. The zero-order valence-corrected chi connectivity index (χ0v) is 25.8. The zero-order valence-electron chi connectivity index (χ0n) is 25.0. The second-order valence-corrected chi connectivity index (χ2v) is 10.8. The van der Waals surface area contributed by atoms with Crippen LogP contribution >= 0.6 is 11.3 Å². The molecule has 0 amide bonds. The van der Waals surface area contributed by atoms with E-state index in [1.54, 1.807) is 25.7 Å². The predicted octanol–water partition coefficient (Wildman–Crippen LogP) is 4.80. The van der Waals surface area contributed by atoms with Crippen molar-refractivity contribution in [1.29, 1.82) is 0 Å². The van der Waals surface area contributed by atoms with E-state index in [4.69, 9.17) is 19.2 Å². The number of carbonyl (C=O) groups excluding carboxylic acids is 1. The van der Waals surface area contributed by atoms with Gasteiger partial charge >= 0.3 is 5.97 Å². The summed E-state index contributed by atoms with van der Waals surface area (Å²) >= 11 is 1.27. The van der Waals surface area contributed by atoms with E-state index in [0.717, 1.165) is 29.9 Å². The first-order chi connectivity index (χ1) is 20.9. The highest BCUT2D eigenvalue weighted by atomic mass is 32.1. The van der Waals surface area contributed by atoms with Crippen molar-refractivity contribution in [3.05, 3.63) is 115 Å². The van der Waals surface area contributed by atoms with E-state index in [1.807, 2.05) is 78.9 Å². The molecule has 0 N–H and O–H groups in total. The topological polar surface area (TPSA) is 82.4 Å². The molecule has 9 heteroatoms. The molecule has 8 nitrogen and oxygen atoms in total. The molecule has 1 aliphatic rings. The maximum absolute atomic E-state index is 14.3. The summed E-state index contributed by atoms with van der Waals surface area (Å²) in [6.45, 7) is 7.89. The summed E-state index contributed by atoms with van der Waals surface area (Å²) in [4.78, 5) is 35.6. The van der Waals surface area contributed by atoms with E-state index >= 15 is 0 Å². The SMILES string of the molecule is CCOC(=O)C1=C(c2ccccc2)N=c2s/c(=C\c3ccc(N(CC)CC)cc3OC)c(=O)n2[C@@H]1c1ccccc1OC. The summed E-state index contributed by atoms with van der Waals surface area (Å²) in [5.74, 6) is 0.671. The van der Waals surface area contributed by atoms with E-state index in [2.05, 4.69) is 18.7 Å². The van der Waals surface area contributed by atoms with Crippen LogP contribution in [0.1, 0.15) is 43.5 Å². The fourth-order valence-electron chi connectivity index (χ4n) is 5.37. The van der Waals surface area contributed by atoms with Gasteiger partial charge in [-0.05, 0) is 45.0 Å². The number of rotatable bonds is 10. The van der Waals surface area contributed by atoms with E-state index < -0.39 is 12.0 Å². The fraction of sp³-hybridized carbons (Fsp3) is 0.265. The zero-order chi connectivity index (χ0) is 30.5. The number of thiazole rings is 1. The van der Waals surface area contributed by atoms with Gasteiger partial charge in [0.1, 0.15) is 17.5 Å². The molecular formula is C34H35N3O5S. The average Bonchev–Trinajstić information content (AvgIpc) is 3.35. The normalized spacial score (nSPS) is 14.6. The highest BCUT2D eigenvalue weighted by Crippen LogP contribution is 2.38. The molecule has 0 unspecified atom stereocenters. The van der Waals surface area contributed by atoms with Gasteiger partial charge in [0.05, 0.1) is 36.6 Å². The van der Waals surface area contributed by atoms with Crippen LogP contribution in [0.25, 0.3) is 11.8 Å². The molecule has 222 valence electrons. The van der Waals surface area contributed by atoms with Gasteiger partial charge in [0.15, 0.2) is 4.80 Å². The Bertz CT molecular complexity index is 1840. The van der Waals surface area contributed by atoms with Crippen molar-refractivity contribution >= 4 is 34.8 Å². The van der Waals surface area contributed by atoms with Crippen LogP contribution in [0.2, 0.25) is 0 Å². The maximum Gasteiger partial charge on any atom is 0.338 e. The number of fused-ring (bicyclic) bond motifs is 1. The van der Waals surface area contributed by atoms with Crippen molar-refractivity contribution in [2.24, 2.45) is 4.99 Å². The quantitative estimate of drug-likeness (QED) is 0.245. The Kier molecular flexibility index (Phi) is 9.11. The van der Waals surface area contributed by atoms with E-state index in [0.29, 0.717) is 32.1 Å². The van der Waals surface area contributed by atoms with Gasteiger partial charge < -0.3 is 19.1 Å². The van der Waals surface area contributed by atoms with E-state index in [-0.39, 0.29) is 17.7 Å². The fourth-order valence-corrected chi connectivity index (χ4v) is 6.36. The molecular weight excluding hydrogens is 562 g/mol. The lowest BCUT2D eigenvalue weighted by molar-refractivity contribution is -0.138. The second-order valence-electron chi connectivity index (χ2n) is 9.77. The van der Waals surface area contributed by atoms with Crippen molar-refractivity contribution in [1.82, 2.24) is 4.57 Å². The highest BCUT2D eigenvalue weighted by molar-refractivity contribution is 7.07. The Morgan fingerprint density at radius 1 is 0.953 bits per heavy atom. The molecule has 1 atom stereocenters. The number of hydrogen-bond acceptors (Lipinski definition) is 8. The van der Waals surface area contributed by atoms with Gasteiger partial charge in [0, 0.05) is 41.5 Å². The largest absolute Gasteiger partial charge is 0.496 e. The van der Waals surface area contributed by atoms with Crippen LogP contribution in [0.15, 0.2) is 88.2 Å². The van der Waals surface area contributed by atoms with Crippen molar-refractivity contribution in [2.75, 3.05) is 38.8 Å². The molecule has 43 heavy (non-hydrogen) atoms. The molecule has 3 aromatic carbocycles. The summed E-state index contributed by atoms with van der Waals surface area (Å²) in [6.07, 6.45) is 1.82. The molecule has 2 heterocycles. The van der Waals surface area contributed by atoms with Crippen molar-refractivity contribution < 1.29 is 19.0 Å². The predicted molar refractivity (Wildman–Crippen MR) is 171 cm³/mol. The number of aromatic nitrogens is 1. The van der Waals surface area contributed by atoms with E-state index in [9.17, 15) is 9.59 Å². The van der Waals surface area contributed by atoms with Crippen LogP contribution in [0.5, 0.6) is 11.5 Å². The summed E-state index contributed by atoms with van der Waals surface area (Å²) < 4.78 is 19.1. The Balaban J connectivity index is 1.80. The number of benzene rings is 3. The average molecular weight is 598 g/mol. The Hall–Kier alpha value is -4.63. The third-order valence-electron chi connectivity index (χ3n) is 7.44. The Labute approximate surface area is 254 Å². The standard InChI is InChI=1S/C34H35N3O5S/c1-6-36(7-2)24-19-18-23(27(21-24)41-5)20-28-32(38)37-31(25-16-12-13-17-26(25)40-4)29(33(39)42-8-3)30(35-34(37)43-28)22-14-10-9-11-15-22/h9-21,31H,6-8H2,1-5H3/b28-20-/t31-/m1/s1. The van der Waals surface area contributed by atoms with Crippen LogP contribution in [0.3, 0.4) is 0 Å². The lowest BCUT2D eigenvalue weighted by Crippen LogP contribution is -2.40. The van der Waals surface area contributed by atoms with Gasteiger partial charge in [-0.15, -0.1) is 0 Å². The van der Waals surface area contributed by atoms with Gasteiger partial charge in [-0.1, -0.05) is 59.9 Å². The third kappa shape index (κ3) is 5.72. The summed E-state index contributed by atoms with van der Waals surface area (Å²) in [6, 6.07) is 22.0. The summed E-state index contributed by atoms with van der Waals surface area (Å²) in [5.41, 5.74) is 3.68. The van der Waals surface area contributed by atoms with Gasteiger partial charge in [0.25, 0.3) is 5.56 Å². The number of hydrogen-bond donors (Lipinski definition) is 0. The first-order valence-electron chi connectivity index (χ1n) is 14.3. The van der Waals surface area contributed by atoms with Gasteiger partial charge in [-0.3, -0.25) is 9.36 Å². The molecule has 1 aromatic heterocycles. The van der Waals surface area contributed by atoms with Gasteiger partial charge in [-0.2, -0.15) is 0 Å². The minimum Gasteiger partial charge on any atom is -0.496 e. The molecule has 5 rings (SSSR count). The smallest absolute Gasteiger partial charge is 0.338 e. The van der Waals surface area contributed by atoms with Crippen LogP contribution < -0.4 is 29.3 Å². The first-order valence-corrected chi connectivity index (χ1v) is 15.1. The molecule has 1 aliphatic heterocycles. The highest BCUT2D eigenvalue weighted by Gasteiger charge is 2.36. The molecule has 4 aromatic rings. The van der Waals surface area contributed by atoms with Gasteiger partial charge in [0.2, 0.25) is 0 Å². The summed E-state index contributed by atoms with van der Waals surface area (Å²) in [5, 5.41) is 0. The lowest BCUT2D eigenvalue weighted by Gasteiger charge is -2.27. The van der Waals surface area contributed by atoms with Crippen LogP contribution in [0.4, 0.5) is 5.69 Å². The van der Waals surface area contributed by atoms with Gasteiger partial charge in [-0.25, -0.2) is 9.79 Å². The van der Waals surface area contributed by atoms with Crippen LogP contribution in [-0.2, 0) is 9.53 Å².